The molecule has 5 aliphatic rings. The molecule has 1 aliphatic heterocycles. The highest BCUT2D eigenvalue weighted by Crippen LogP contribution is 2.75. The summed E-state index contributed by atoms with van der Waals surface area (Å²) in [5.74, 6) is 0.739. The first-order chi connectivity index (χ1) is 20.4. The zero-order valence-corrected chi connectivity index (χ0v) is 28.3. The number of allylic oxidation sites excluding steroid dienone is 2. The third-order valence-corrected chi connectivity index (χ3v) is 14.1. The molecule has 8 unspecified atom stereocenters. The first kappa shape index (κ1) is 34.2. The maximum atomic E-state index is 14.6. The van der Waals surface area contributed by atoms with Crippen molar-refractivity contribution in [3.63, 3.8) is 0 Å². The van der Waals surface area contributed by atoms with Crippen LogP contribution in [0.25, 0.3) is 0 Å². The second kappa shape index (κ2) is 11.5. The summed E-state index contributed by atoms with van der Waals surface area (Å²) in [4.78, 5) is 27.6. The topological polar surface area (TPSA) is 134 Å². The van der Waals surface area contributed by atoms with Crippen LogP contribution in [0.2, 0.25) is 0 Å². The van der Waals surface area contributed by atoms with Crippen molar-refractivity contribution in [2.75, 3.05) is 6.61 Å². The first-order valence-electron chi connectivity index (χ1n) is 17.0. The molecule has 250 valence electrons. The van der Waals surface area contributed by atoms with Crippen molar-refractivity contribution in [3.8, 4) is 0 Å². The van der Waals surface area contributed by atoms with Gasteiger partial charge in [-0.3, -0.25) is 9.59 Å². The van der Waals surface area contributed by atoms with Gasteiger partial charge in [0.25, 0.3) is 0 Å². The molecule has 8 nitrogen and oxygen atoms in total. The summed E-state index contributed by atoms with van der Waals surface area (Å²) < 4.78 is 12.5. The van der Waals surface area contributed by atoms with E-state index in [1.807, 2.05) is 20.8 Å². The predicted octanol–water partition coefficient (Wildman–Crippen LogP) is 4.74. The lowest BCUT2D eigenvalue weighted by Gasteiger charge is -2.68. The van der Waals surface area contributed by atoms with Gasteiger partial charge < -0.3 is 29.9 Å². The van der Waals surface area contributed by atoms with Gasteiger partial charge in [0.05, 0.1) is 12.2 Å². The third-order valence-electron chi connectivity index (χ3n) is 14.1. The summed E-state index contributed by atoms with van der Waals surface area (Å²) in [7, 11) is 0. The van der Waals surface area contributed by atoms with Crippen LogP contribution in [0.1, 0.15) is 113 Å². The molecule has 5 rings (SSSR count). The maximum absolute atomic E-state index is 14.6. The summed E-state index contributed by atoms with van der Waals surface area (Å²) in [5.41, 5.74) is -0.484. The van der Waals surface area contributed by atoms with E-state index in [-0.39, 0.29) is 51.1 Å². The van der Waals surface area contributed by atoms with Gasteiger partial charge >= 0.3 is 0 Å². The van der Waals surface area contributed by atoms with Crippen molar-refractivity contribution < 1.29 is 39.5 Å². The molecule has 0 radical (unpaired) electrons. The number of ketones is 2. The monoisotopic (exact) mass is 618 g/mol. The number of hydrogen-bond donors (Lipinski definition) is 4. The highest BCUT2D eigenvalue weighted by molar-refractivity contribution is 5.86. The molecule has 0 bridgehead atoms. The van der Waals surface area contributed by atoms with E-state index < -0.39 is 42.9 Å². The third kappa shape index (κ3) is 5.00. The van der Waals surface area contributed by atoms with Gasteiger partial charge in [-0.2, -0.15) is 0 Å². The minimum Gasteiger partial charge on any atom is -0.394 e. The Labute approximate surface area is 264 Å². The lowest BCUT2D eigenvalue weighted by Crippen LogP contribution is -2.66. The smallest absolute Gasteiger partial charge is 0.187 e. The molecule has 5 fully saturated rings. The van der Waals surface area contributed by atoms with E-state index in [4.69, 9.17) is 9.47 Å². The van der Waals surface area contributed by atoms with E-state index in [1.165, 1.54) is 5.57 Å². The molecule has 44 heavy (non-hydrogen) atoms. The van der Waals surface area contributed by atoms with Crippen LogP contribution in [0.15, 0.2) is 11.6 Å². The highest BCUT2D eigenvalue weighted by atomic mass is 16.7. The van der Waals surface area contributed by atoms with Crippen LogP contribution < -0.4 is 0 Å². The summed E-state index contributed by atoms with van der Waals surface area (Å²) in [6, 6.07) is 0. The fourth-order valence-corrected chi connectivity index (χ4v) is 11.3. The van der Waals surface area contributed by atoms with E-state index in [9.17, 15) is 30.0 Å². The largest absolute Gasteiger partial charge is 0.394 e. The normalized spacial score (nSPS) is 48.1. The number of carbonyl (C=O) groups is 2. The minimum absolute atomic E-state index is 0.0774. The molecule has 13 atom stereocenters. The number of rotatable bonds is 7. The van der Waals surface area contributed by atoms with Crippen LogP contribution in [0, 0.1) is 45.3 Å². The minimum atomic E-state index is -1.53. The van der Waals surface area contributed by atoms with Crippen LogP contribution in [0.4, 0.5) is 0 Å². The van der Waals surface area contributed by atoms with Crippen molar-refractivity contribution >= 4 is 11.6 Å². The molecular weight excluding hydrogens is 560 g/mol. The quantitative estimate of drug-likeness (QED) is 0.301. The van der Waals surface area contributed by atoms with Gasteiger partial charge in [-0.05, 0) is 99.7 Å². The molecule has 4 aliphatic carbocycles. The fourth-order valence-electron chi connectivity index (χ4n) is 11.3. The van der Waals surface area contributed by atoms with E-state index in [0.717, 1.165) is 32.1 Å². The summed E-state index contributed by atoms with van der Waals surface area (Å²) in [5, 5.41) is 41.6. The lowest BCUT2D eigenvalue weighted by molar-refractivity contribution is -0.333. The zero-order valence-electron chi connectivity index (χ0n) is 28.3. The van der Waals surface area contributed by atoms with Gasteiger partial charge in [-0.1, -0.05) is 46.3 Å². The lowest BCUT2D eigenvalue weighted by atomic mass is 9.35. The van der Waals surface area contributed by atoms with Gasteiger partial charge in [0, 0.05) is 24.2 Å². The second-order valence-electron chi connectivity index (χ2n) is 16.9. The highest BCUT2D eigenvalue weighted by Gasteiger charge is 2.72. The molecule has 8 heteroatoms. The molecule has 4 saturated carbocycles. The van der Waals surface area contributed by atoms with Crippen molar-refractivity contribution in [2.24, 2.45) is 45.3 Å². The van der Waals surface area contributed by atoms with Gasteiger partial charge in [0.2, 0.25) is 0 Å². The van der Waals surface area contributed by atoms with E-state index >= 15 is 0 Å². The molecule has 0 spiro atoms. The van der Waals surface area contributed by atoms with Crippen LogP contribution in [0.5, 0.6) is 0 Å². The van der Waals surface area contributed by atoms with E-state index in [2.05, 4.69) is 40.7 Å². The van der Waals surface area contributed by atoms with Crippen LogP contribution in [-0.2, 0) is 19.1 Å². The number of carbonyl (C=O) groups excluding carboxylic acids is 2. The van der Waals surface area contributed by atoms with Crippen LogP contribution in [-0.4, -0.2) is 74.9 Å². The molecule has 0 aromatic heterocycles. The molecule has 1 heterocycles. The van der Waals surface area contributed by atoms with E-state index in [1.54, 1.807) is 0 Å². The van der Waals surface area contributed by atoms with Crippen molar-refractivity contribution in [1.29, 1.82) is 0 Å². The standard InChI is InChI=1S/C36H58O8/c1-20(2)10-9-14-36(8,44-31-30(42)29(41)28(40)23(19-37)43-31)21-11-16-35(7)27(21)22(38)18-25-33(5)15-13-26(39)32(3,4)24(33)12-17-34(25,35)6/h10,21,23-25,27-31,37,40-42H,9,11-19H2,1-8H3/t21?,23?,24?,25?,27?,28-,29?,30?,31+,33+,34-,35-,36?/m1/s1. The van der Waals surface area contributed by atoms with Crippen molar-refractivity contribution in [1.82, 2.24) is 0 Å². The number of Topliss-reactive ketones (excluding diaryl/α,β-unsaturated/α-hetero) is 2. The summed E-state index contributed by atoms with van der Waals surface area (Å²) >= 11 is 0. The maximum Gasteiger partial charge on any atom is 0.187 e. The Hall–Kier alpha value is -1.16. The molecule has 0 aromatic rings. The van der Waals surface area contributed by atoms with Crippen LogP contribution in [0.3, 0.4) is 0 Å². The molecule has 0 amide bonds. The number of hydrogen-bond acceptors (Lipinski definition) is 8. The second-order valence-corrected chi connectivity index (χ2v) is 16.9. The Morgan fingerprint density at radius 2 is 1.61 bits per heavy atom. The zero-order chi connectivity index (χ0) is 32.6. The first-order valence-corrected chi connectivity index (χ1v) is 17.0. The SMILES string of the molecule is CC(C)=CCCC(C)(O[C@@H]1OC(CO)[C@@H](O)C(O)C1O)C1CC[C@]2(C)C1C(=O)CC1[C@@]3(C)CCC(=O)C(C)(C)C3CC[C@]12C. The molecule has 1 saturated heterocycles. The Morgan fingerprint density at radius 1 is 0.955 bits per heavy atom. The van der Waals surface area contributed by atoms with Gasteiger partial charge in [-0.25, -0.2) is 0 Å². The Bertz CT molecular complexity index is 1160. The van der Waals surface area contributed by atoms with E-state index in [0.29, 0.717) is 31.5 Å². The van der Waals surface area contributed by atoms with Crippen molar-refractivity contribution in [3.05, 3.63) is 11.6 Å². The Balaban J connectivity index is 1.49. The number of aliphatic hydroxyl groups excluding tert-OH is 4. The average Bonchev–Trinajstić information content (AvgIpc) is 3.33. The summed E-state index contributed by atoms with van der Waals surface area (Å²) in [6.07, 6.45) is 2.24. The Morgan fingerprint density at radius 3 is 2.25 bits per heavy atom. The summed E-state index contributed by atoms with van der Waals surface area (Å²) in [6.45, 7) is 16.9. The number of ether oxygens (including phenoxy) is 2. The van der Waals surface area contributed by atoms with Crippen LogP contribution >= 0.6 is 0 Å². The molecular formula is C36H58O8. The Kier molecular flexibility index (Phi) is 8.95. The van der Waals surface area contributed by atoms with Crippen molar-refractivity contribution in [2.45, 2.75) is 149 Å². The van der Waals surface area contributed by atoms with Gasteiger partial charge in [0.1, 0.15) is 36.0 Å². The molecule has 4 N–H and O–H groups in total. The number of aliphatic hydroxyl groups is 4. The fraction of sp³-hybridized carbons (Fsp3) is 0.889. The van der Waals surface area contributed by atoms with Gasteiger partial charge in [-0.15, -0.1) is 0 Å². The predicted molar refractivity (Wildman–Crippen MR) is 166 cm³/mol. The average molecular weight is 619 g/mol. The van der Waals surface area contributed by atoms with Gasteiger partial charge in [0.15, 0.2) is 6.29 Å². The number of fused-ring (bicyclic) bond motifs is 5. The molecule has 0 aromatic carbocycles.